The Bertz CT molecular complexity index is 1840. The Balaban J connectivity index is 0.00000422. The quantitative estimate of drug-likeness (QED) is 0.167. The van der Waals surface area contributed by atoms with Gasteiger partial charge in [0.15, 0.2) is 0 Å². The number of aryl methyl sites for hydroxylation is 2. The molecule has 4 saturated heterocycles. The highest BCUT2D eigenvalue weighted by atomic mass is 35.5. The summed E-state index contributed by atoms with van der Waals surface area (Å²) in [5.74, 6) is -0.161. The van der Waals surface area contributed by atoms with Crippen molar-refractivity contribution in [3.63, 3.8) is 0 Å². The van der Waals surface area contributed by atoms with Crippen molar-refractivity contribution in [3.8, 4) is 0 Å². The molecule has 2 aromatic carbocycles. The third-order valence-electron chi connectivity index (χ3n) is 12.6. The van der Waals surface area contributed by atoms with Crippen LogP contribution in [0.25, 0.3) is 0 Å². The molecule has 4 heterocycles. The molecule has 6 rings (SSSR count). The smallest absolute Gasteiger partial charge is 0.247 e. The van der Waals surface area contributed by atoms with E-state index in [1.54, 1.807) is 61.3 Å². The van der Waals surface area contributed by atoms with Gasteiger partial charge in [-0.05, 0) is 112 Å². The number of hydrogen-bond donors (Lipinski definition) is 6. The summed E-state index contributed by atoms with van der Waals surface area (Å²) < 4.78 is 0. The average Bonchev–Trinajstić information content (AvgIpc) is 3.53. The SMILES string of the molecule is CN[C@@H](C)C(=O)N[C@H]1CCS[C@H]2CC(C)(C)[C@@H](C(=O)Nc3ccccc3CCc3ccccc3NC(=O)[C@H]3N4C(=O)[C@@H](NC(=O)[C@H](C)NC)CCS[C@H]4CC3(C)C)N2C1=O.Cl.Cl. The fourth-order valence-electron chi connectivity index (χ4n) is 8.95. The van der Waals surface area contributed by atoms with Crippen LogP contribution in [-0.2, 0) is 41.6 Å². The number of carbonyl (C=O) groups is 6. The monoisotopic (exact) mass is 934 g/mol. The number of likely N-dealkylation sites (N-methyl/N-ethyl adjacent to an activating group) is 2. The van der Waals surface area contributed by atoms with Crippen LogP contribution in [-0.4, -0.2) is 118 Å². The van der Waals surface area contributed by atoms with Gasteiger partial charge in [-0.15, -0.1) is 48.3 Å². The molecule has 6 N–H and O–H groups in total. The zero-order chi connectivity index (χ0) is 43.5. The van der Waals surface area contributed by atoms with E-state index >= 15 is 0 Å². The first-order valence-corrected chi connectivity index (χ1v) is 23.2. The molecule has 0 radical (unpaired) electrons. The largest absolute Gasteiger partial charge is 0.343 e. The zero-order valence-corrected chi connectivity index (χ0v) is 40.1. The fraction of sp³-hybridized carbons (Fsp3) is 0.591. The van der Waals surface area contributed by atoms with Crippen molar-refractivity contribution in [1.29, 1.82) is 0 Å². The standard InChI is InChI=1S/C44H62N8O6S2.2ClH/c1-25(45-7)37(53)49-31-19-21-59-33-23-43(3,4)35(51(33)41(31)57)39(55)47-29-15-11-9-13-27(29)17-18-28-14-10-12-16-30(28)48-40(56)36-44(5,6)24-34-52(36)42(58)32(20-22-60-34)50-38(54)26(2)46-8;;/h9-16,25-26,31-36,45-46H,17-24H2,1-8H3,(H,47,55)(H,48,56)(H,49,53)(H,50,54);2*1H/t25-,26-,31-,32-,33-,34-,35+,36+;;/m0../s1. The number of nitrogens with one attached hydrogen (secondary N) is 6. The molecule has 0 bridgehead atoms. The highest BCUT2D eigenvalue weighted by Gasteiger charge is 2.56. The fourth-order valence-corrected chi connectivity index (χ4v) is 12.1. The minimum absolute atomic E-state index is 0. The maximum Gasteiger partial charge on any atom is 0.247 e. The number of anilines is 2. The van der Waals surface area contributed by atoms with E-state index in [1.807, 2.05) is 76.2 Å². The summed E-state index contributed by atoms with van der Waals surface area (Å²) in [7, 11) is 3.39. The number of para-hydroxylation sites is 2. The predicted molar refractivity (Wildman–Crippen MR) is 253 cm³/mol. The second kappa shape index (κ2) is 21.4. The molecule has 62 heavy (non-hydrogen) atoms. The van der Waals surface area contributed by atoms with Crippen molar-refractivity contribution in [1.82, 2.24) is 31.1 Å². The van der Waals surface area contributed by atoms with Gasteiger partial charge in [-0.3, -0.25) is 28.8 Å². The van der Waals surface area contributed by atoms with Crippen molar-refractivity contribution in [2.24, 2.45) is 10.8 Å². The summed E-state index contributed by atoms with van der Waals surface area (Å²) in [5.41, 5.74) is 2.06. The van der Waals surface area contributed by atoms with E-state index in [0.717, 1.165) is 11.1 Å². The molecule has 4 aliphatic heterocycles. The molecule has 14 nitrogen and oxygen atoms in total. The third kappa shape index (κ3) is 11.0. The van der Waals surface area contributed by atoms with Crippen LogP contribution in [0.15, 0.2) is 48.5 Å². The number of carbonyl (C=O) groups excluding carboxylic acids is 6. The van der Waals surface area contributed by atoms with E-state index in [-0.39, 0.29) is 71.0 Å². The second-order valence-corrected chi connectivity index (χ2v) is 20.4. The molecule has 4 aliphatic rings. The van der Waals surface area contributed by atoms with Crippen molar-refractivity contribution >= 4 is 95.2 Å². The maximum atomic E-state index is 14.4. The number of fused-ring (bicyclic) bond motifs is 2. The first-order chi connectivity index (χ1) is 28.5. The molecule has 0 aliphatic carbocycles. The van der Waals surface area contributed by atoms with Crippen LogP contribution in [0.4, 0.5) is 11.4 Å². The lowest BCUT2D eigenvalue weighted by Gasteiger charge is -2.34. The van der Waals surface area contributed by atoms with Crippen LogP contribution in [0.3, 0.4) is 0 Å². The van der Waals surface area contributed by atoms with Crippen molar-refractivity contribution in [3.05, 3.63) is 59.7 Å². The summed E-state index contributed by atoms with van der Waals surface area (Å²) in [5, 5.41) is 17.7. The molecule has 0 aromatic heterocycles. The maximum absolute atomic E-state index is 14.4. The lowest BCUT2D eigenvalue weighted by atomic mass is 9.84. The number of benzene rings is 2. The van der Waals surface area contributed by atoms with E-state index in [1.165, 1.54) is 0 Å². The molecule has 6 amide bonds. The van der Waals surface area contributed by atoms with E-state index < -0.39 is 47.1 Å². The molecule has 0 saturated carbocycles. The van der Waals surface area contributed by atoms with Gasteiger partial charge < -0.3 is 41.7 Å². The minimum atomic E-state index is -0.747. The Hall–Kier alpha value is -3.54. The highest BCUT2D eigenvalue weighted by Crippen LogP contribution is 2.48. The summed E-state index contributed by atoms with van der Waals surface area (Å²) in [6.45, 7) is 11.6. The predicted octanol–water partition coefficient (Wildman–Crippen LogP) is 4.56. The molecule has 342 valence electrons. The van der Waals surface area contributed by atoms with E-state index in [2.05, 4.69) is 31.9 Å². The first-order valence-electron chi connectivity index (χ1n) is 21.1. The van der Waals surface area contributed by atoms with Gasteiger partial charge in [0.05, 0.1) is 22.8 Å². The van der Waals surface area contributed by atoms with Crippen LogP contribution in [0, 0.1) is 10.8 Å². The first kappa shape index (κ1) is 51.1. The van der Waals surface area contributed by atoms with E-state index in [9.17, 15) is 28.8 Å². The van der Waals surface area contributed by atoms with Gasteiger partial charge in [-0.2, -0.15) is 0 Å². The topological polar surface area (TPSA) is 181 Å². The molecule has 0 spiro atoms. The van der Waals surface area contributed by atoms with Gasteiger partial charge in [0, 0.05) is 11.4 Å². The Morgan fingerprint density at radius 1 is 0.645 bits per heavy atom. The Labute approximate surface area is 386 Å². The van der Waals surface area contributed by atoms with Gasteiger partial charge >= 0.3 is 0 Å². The number of hydrogen-bond acceptors (Lipinski definition) is 10. The lowest BCUT2D eigenvalue weighted by Crippen LogP contribution is -2.57. The molecule has 2 aromatic rings. The van der Waals surface area contributed by atoms with Crippen molar-refractivity contribution in [2.75, 3.05) is 36.2 Å². The summed E-state index contributed by atoms with van der Waals surface area (Å²) in [6.07, 6.45) is 3.36. The minimum Gasteiger partial charge on any atom is -0.343 e. The van der Waals surface area contributed by atoms with E-state index in [4.69, 9.17) is 0 Å². The van der Waals surface area contributed by atoms with Crippen LogP contribution in [0.1, 0.15) is 78.4 Å². The summed E-state index contributed by atoms with van der Waals surface area (Å²) in [6, 6.07) is 11.4. The van der Waals surface area contributed by atoms with Crippen LogP contribution in [0.5, 0.6) is 0 Å². The van der Waals surface area contributed by atoms with E-state index in [0.29, 0.717) is 61.4 Å². The normalized spacial score (nSPS) is 25.9. The molecule has 18 heteroatoms. The van der Waals surface area contributed by atoms with Gasteiger partial charge in [0.25, 0.3) is 0 Å². The Morgan fingerprint density at radius 3 is 1.35 bits per heavy atom. The van der Waals surface area contributed by atoms with Crippen LogP contribution < -0.4 is 31.9 Å². The number of amides is 6. The number of thioether (sulfide) groups is 2. The Kier molecular flexibility index (Phi) is 17.7. The van der Waals surface area contributed by atoms with Gasteiger partial charge in [0.2, 0.25) is 35.4 Å². The Morgan fingerprint density at radius 2 is 1.00 bits per heavy atom. The van der Waals surface area contributed by atoms with Gasteiger partial charge in [0.1, 0.15) is 24.2 Å². The van der Waals surface area contributed by atoms with Gasteiger partial charge in [-0.25, -0.2) is 0 Å². The van der Waals surface area contributed by atoms with Crippen molar-refractivity contribution in [2.45, 2.75) is 127 Å². The second-order valence-electron chi connectivity index (χ2n) is 17.8. The molecular weight excluding hydrogens is 872 g/mol. The van der Waals surface area contributed by atoms with Crippen LogP contribution >= 0.6 is 48.3 Å². The molecule has 8 atom stereocenters. The average molecular weight is 936 g/mol. The molecule has 4 fully saturated rings. The van der Waals surface area contributed by atoms with Gasteiger partial charge in [-0.1, -0.05) is 64.1 Å². The highest BCUT2D eigenvalue weighted by molar-refractivity contribution is 8.00. The molecular formula is C44H64Cl2N8O6S2. The number of halogens is 2. The zero-order valence-electron chi connectivity index (χ0n) is 36.9. The summed E-state index contributed by atoms with van der Waals surface area (Å²) >= 11 is 3.31. The van der Waals surface area contributed by atoms with Crippen molar-refractivity contribution < 1.29 is 28.8 Å². The van der Waals surface area contributed by atoms with Crippen LogP contribution in [0.2, 0.25) is 0 Å². The number of rotatable bonds is 13. The number of nitrogens with zero attached hydrogens (tertiary/aromatic N) is 2. The lowest BCUT2D eigenvalue weighted by molar-refractivity contribution is -0.142. The summed E-state index contributed by atoms with van der Waals surface area (Å²) in [4.78, 5) is 85.9. The third-order valence-corrected chi connectivity index (χ3v) is 15.1. The molecule has 0 unspecified atom stereocenters.